The van der Waals surface area contributed by atoms with E-state index in [0.29, 0.717) is 0 Å². The number of fused-ring (bicyclic) bond motifs is 1. The van der Waals surface area contributed by atoms with Crippen LogP contribution >= 0.6 is 0 Å². The van der Waals surface area contributed by atoms with E-state index in [1.165, 1.54) is 22.0 Å². The highest BCUT2D eigenvalue weighted by Crippen LogP contribution is 2.21. The van der Waals surface area contributed by atoms with Crippen LogP contribution in [0.3, 0.4) is 0 Å². The molecule has 0 atom stereocenters. The van der Waals surface area contributed by atoms with Crippen molar-refractivity contribution in [2.75, 3.05) is 20.3 Å². The van der Waals surface area contributed by atoms with Crippen LogP contribution in [0.4, 0.5) is 0 Å². The second-order valence-corrected chi connectivity index (χ2v) is 4.93. The van der Waals surface area contributed by atoms with Crippen LogP contribution in [0.2, 0.25) is 0 Å². The Hall–Kier alpha value is -1.58. The molecule has 1 heterocycles. The zero-order valence-electron chi connectivity index (χ0n) is 11.8. The van der Waals surface area contributed by atoms with Crippen LogP contribution in [0, 0.1) is 0 Å². The minimum Gasteiger partial charge on any atom is -0.383 e. The smallest absolute Gasteiger partial charge is 0.0587 e. The molecular formula is C16H22N2O. The minimum absolute atomic E-state index is 0.739. The van der Waals surface area contributed by atoms with Crippen LogP contribution in [0.15, 0.2) is 42.6 Å². The summed E-state index contributed by atoms with van der Waals surface area (Å²) in [6.45, 7) is 9.40. The number of rotatable bonds is 7. The maximum absolute atomic E-state index is 5.05. The zero-order valence-corrected chi connectivity index (χ0v) is 11.8. The number of nitrogens with zero attached hydrogens (tertiary/aromatic N) is 1. The van der Waals surface area contributed by atoms with Gasteiger partial charge in [0.05, 0.1) is 12.1 Å². The number of benzene rings is 1. The molecule has 102 valence electrons. The van der Waals surface area contributed by atoms with Gasteiger partial charge in [-0.2, -0.15) is 0 Å². The Balaban J connectivity index is 2.21. The molecule has 1 aromatic carbocycles. The molecule has 0 aliphatic carbocycles. The first kappa shape index (κ1) is 13.8. The lowest BCUT2D eigenvalue weighted by molar-refractivity contribution is 0.199. The number of aromatic nitrogens is 1. The summed E-state index contributed by atoms with van der Waals surface area (Å²) in [6.07, 6.45) is 2.14. The van der Waals surface area contributed by atoms with Crippen LogP contribution in [0.1, 0.15) is 12.5 Å². The average molecular weight is 258 g/mol. The first-order valence-corrected chi connectivity index (χ1v) is 6.63. The normalized spacial score (nSPS) is 11.1. The molecule has 0 aliphatic rings. The molecule has 0 saturated carbocycles. The van der Waals surface area contributed by atoms with E-state index in [1.54, 1.807) is 7.11 Å². The number of ether oxygens (including phenoxy) is 1. The van der Waals surface area contributed by atoms with Gasteiger partial charge in [-0.15, -0.1) is 0 Å². The van der Waals surface area contributed by atoms with Crippen molar-refractivity contribution in [3.8, 4) is 0 Å². The second kappa shape index (κ2) is 6.55. The van der Waals surface area contributed by atoms with Gasteiger partial charge >= 0.3 is 0 Å². The second-order valence-electron chi connectivity index (χ2n) is 4.93. The lowest BCUT2D eigenvalue weighted by Gasteiger charge is -2.10. The first-order valence-electron chi connectivity index (χ1n) is 6.63. The number of hydrogen-bond donors (Lipinski definition) is 1. The van der Waals surface area contributed by atoms with Crippen molar-refractivity contribution in [2.24, 2.45) is 0 Å². The number of hydrogen-bond acceptors (Lipinski definition) is 2. The molecule has 0 fully saturated rings. The van der Waals surface area contributed by atoms with E-state index >= 15 is 0 Å². The molecule has 3 heteroatoms. The van der Waals surface area contributed by atoms with Crippen molar-refractivity contribution in [2.45, 2.75) is 20.0 Å². The van der Waals surface area contributed by atoms with Gasteiger partial charge in [0.15, 0.2) is 0 Å². The molecule has 0 radical (unpaired) electrons. The first-order chi connectivity index (χ1) is 9.22. The Labute approximate surface area is 114 Å². The fourth-order valence-electron chi connectivity index (χ4n) is 2.30. The average Bonchev–Trinajstić information content (AvgIpc) is 2.78. The van der Waals surface area contributed by atoms with Gasteiger partial charge in [0.1, 0.15) is 0 Å². The summed E-state index contributed by atoms with van der Waals surface area (Å²) in [7, 11) is 1.72. The predicted octanol–water partition coefficient (Wildman–Crippen LogP) is 2.95. The minimum atomic E-state index is 0.739. The van der Waals surface area contributed by atoms with Gasteiger partial charge in [-0.3, -0.25) is 0 Å². The van der Waals surface area contributed by atoms with Crippen LogP contribution < -0.4 is 5.32 Å². The van der Waals surface area contributed by atoms with Crippen molar-refractivity contribution in [1.29, 1.82) is 0 Å². The number of nitrogens with one attached hydrogen (secondary N) is 1. The fourth-order valence-corrected chi connectivity index (χ4v) is 2.30. The lowest BCUT2D eigenvalue weighted by Crippen LogP contribution is -2.19. The number of para-hydroxylation sites is 1. The third kappa shape index (κ3) is 3.46. The monoisotopic (exact) mass is 258 g/mol. The third-order valence-corrected chi connectivity index (χ3v) is 3.11. The van der Waals surface area contributed by atoms with Crippen molar-refractivity contribution < 1.29 is 4.74 Å². The highest BCUT2D eigenvalue weighted by molar-refractivity contribution is 5.83. The molecule has 0 spiro atoms. The molecule has 0 bridgehead atoms. The number of methoxy groups -OCH3 is 1. The van der Waals surface area contributed by atoms with E-state index in [1.807, 2.05) is 0 Å². The molecule has 19 heavy (non-hydrogen) atoms. The number of allylic oxidation sites excluding steroid dienone is 1. The van der Waals surface area contributed by atoms with Crippen molar-refractivity contribution in [1.82, 2.24) is 9.88 Å². The van der Waals surface area contributed by atoms with Gasteiger partial charge in [0.25, 0.3) is 0 Å². The molecule has 2 rings (SSSR count). The molecule has 3 nitrogen and oxygen atoms in total. The van der Waals surface area contributed by atoms with Crippen LogP contribution in [0.25, 0.3) is 10.9 Å². The maximum atomic E-state index is 5.05. The van der Waals surface area contributed by atoms with E-state index in [4.69, 9.17) is 4.74 Å². The van der Waals surface area contributed by atoms with Gasteiger partial charge in [-0.25, -0.2) is 0 Å². The summed E-state index contributed by atoms with van der Waals surface area (Å²) < 4.78 is 7.32. The summed E-state index contributed by atoms with van der Waals surface area (Å²) in [4.78, 5) is 0. The van der Waals surface area contributed by atoms with Crippen LogP contribution in [-0.4, -0.2) is 24.8 Å². The van der Waals surface area contributed by atoms with Gasteiger partial charge in [0, 0.05) is 32.9 Å². The van der Waals surface area contributed by atoms with Crippen LogP contribution in [0.5, 0.6) is 0 Å². The standard InChI is InChI=1S/C16H22N2O/c1-13(2)12-18-9-7-14-5-4-6-15(16(14)18)11-17-8-10-19-3/h4-7,9,17H,1,8,10-12H2,2-3H3. The van der Waals surface area contributed by atoms with Crippen LogP contribution in [-0.2, 0) is 17.8 Å². The summed E-state index contributed by atoms with van der Waals surface area (Å²) in [6, 6.07) is 8.61. The van der Waals surface area contributed by atoms with E-state index in [0.717, 1.165) is 26.2 Å². The molecule has 0 saturated heterocycles. The summed E-state index contributed by atoms with van der Waals surface area (Å²) in [5, 5.41) is 4.69. The van der Waals surface area contributed by atoms with E-state index in [-0.39, 0.29) is 0 Å². The maximum Gasteiger partial charge on any atom is 0.0587 e. The van der Waals surface area contributed by atoms with Gasteiger partial charge in [-0.05, 0) is 23.9 Å². The summed E-state index contributed by atoms with van der Waals surface area (Å²) >= 11 is 0. The third-order valence-electron chi connectivity index (χ3n) is 3.11. The van der Waals surface area contributed by atoms with Gasteiger partial charge in [0.2, 0.25) is 0 Å². The molecule has 2 aromatic rings. The largest absolute Gasteiger partial charge is 0.383 e. The van der Waals surface area contributed by atoms with E-state index < -0.39 is 0 Å². The SMILES string of the molecule is C=C(C)Cn1ccc2cccc(CNCCOC)c21. The van der Waals surface area contributed by atoms with Crippen molar-refractivity contribution in [3.63, 3.8) is 0 Å². The fraction of sp³-hybridized carbons (Fsp3) is 0.375. The molecule has 0 aliphatic heterocycles. The Bertz CT molecular complexity index is 557. The highest BCUT2D eigenvalue weighted by atomic mass is 16.5. The zero-order chi connectivity index (χ0) is 13.7. The topological polar surface area (TPSA) is 26.2 Å². The van der Waals surface area contributed by atoms with Crippen molar-refractivity contribution in [3.05, 3.63) is 48.2 Å². The summed E-state index contributed by atoms with van der Waals surface area (Å²) in [5.41, 5.74) is 3.79. The highest BCUT2D eigenvalue weighted by Gasteiger charge is 2.06. The Morgan fingerprint density at radius 1 is 1.37 bits per heavy atom. The lowest BCUT2D eigenvalue weighted by atomic mass is 10.1. The van der Waals surface area contributed by atoms with Gasteiger partial charge < -0.3 is 14.6 Å². The Kier molecular flexibility index (Phi) is 4.77. The van der Waals surface area contributed by atoms with Crippen molar-refractivity contribution >= 4 is 10.9 Å². The quantitative estimate of drug-likeness (QED) is 0.610. The Morgan fingerprint density at radius 3 is 2.95 bits per heavy atom. The molecule has 1 N–H and O–H groups in total. The predicted molar refractivity (Wildman–Crippen MR) is 80.3 cm³/mol. The summed E-state index contributed by atoms with van der Waals surface area (Å²) in [5.74, 6) is 0. The van der Waals surface area contributed by atoms with E-state index in [9.17, 15) is 0 Å². The molecular weight excluding hydrogens is 236 g/mol. The molecule has 0 unspecified atom stereocenters. The van der Waals surface area contributed by atoms with E-state index in [2.05, 4.69) is 53.8 Å². The molecule has 0 amide bonds. The Morgan fingerprint density at radius 2 is 2.21 bits per heavy atom. The van der Waals surface area contributed by atoms with Gasteiger partial charge in [-0.1, -0.05) is 30.4 Å². The molecule has 1 aromatic heterocycles.